The molecule has 29 heavy (non-hydrogen) atoms. The van der Waals surface area contributed by atoms with Gasteiger partial charge in [0.05, 0.1) is 17.9 Å². The van der Waals surface area contributed by atoms with E-state index >= 15 is 0 Å². The Labute approximate surface area is 166 Å². The summed E-state index contributed by atoms with van der Waals surface area (Å²) in [6.45, 7) is 1.25. The predicted molar refractivity (Wildman–Crippen MR) is 109 cm³/mol. The molecule has 2 N–H and O–H groups in total. The van der Waals surface area contributed by atoms with Crippen LogP contribution in [0.25, 0.3) is 22.4 Å². The highest BCUT2D eigenvalue weighted by atomic mass is 19.1. The van der Waals surface area contributed by atoms with Crippen molar-refractivity contribution in [1.29, 1.82) is 0 Å². The van der Waals surface area contributed by atoms with Gasteiger partial charge in [-0.2, -0.15) is 10.1 Å². The molecule has 2 atom stereocenters. The lowest BCUT2D eigenvalue weighted by Gasteiger charge is -2.32. The van der Waals surface area contributed by atoms with E-state index in [1.807, 2.05) is 49.6 Å². The van der Waals surface area contributed by atoms with Crippen LogP contribution < -0.4 is 10.6 Å². The minimum absolute atomic E-state index is 0.297. The van der Waals surface area contributed by atoms with Crippen LogP contribution in [-0.2, 0) is 0 Å². The summed E-state index contributed by atoms with van der Waals surface area (Å²) in [6, 6.07) is 5.42. The molecule has 1 saturated heterocycles. The lowest BCUT2D eigenvalue weighted by atomic mass is 10.0. The normalized spacial score (nSPS) is 20.4. The van der Waals surface area contributed by atoms with Crippen LogP contribution in [-0.4, -0.2) is 73.5 Å². The fourth-order valence-corrected chi connectivity index (χ4v) is 3.81. The van der Waals surface area contributed by atoms with Crippen LogP contribution in [0.15, 0.2) is 36.8 Å². The topological polar surface area (TPSA) is 87.7 Å². The Morgan fingerprint density at radius 3 is 2.83 bits per heavy atom. The maximum Gasteiger partial charge on any atom is 0.243 e. The van der Waals surface area contributed by atoms with Gasteiger partial charge in [-0.1, -0.05) is 0 Å². The zero-order valence-corrected chi connectivity index (χ0v) is 16.2. The van der Waals surface area contributed by atoms with Gasteiger partial charge in [0.2, 0.25) is 5.95 Å². The molecule has 0 spiro atoms. The Bertz CT molecular complexity index is 1170. The molecule has 0 amide bonds. The number of anilines is 2. The molecule has 0 saturated carbocycles. The number of hydrogen-bond donors (Lipinski definition) is 2. The lowest BCUT2D eigenvalue weighted by molar-refractivity contribution is 0.149. The number of aromatic nitrogens is 6. The van der Waals surface area contributed by atoms with Crippen LogP contribution in [0.5, 0.6) is 0 Å². The summed E-state index contributed by atoms with van der Waals surface area (Å²) < 4.78 is 17.9. The van der Waals surface area contributed by atoms with Crippen molar-refractivity contribution in [3.8, 4) is 11.3 Å². The number of hydrogen-bond acceptors (Lipinski definition) is 7. The number of piperidine rings is 1. The number of likely N-dealkylation sites (tertiary alicyclic amines) is 1. The van der Waals surface area contributed by atoms with E-state index in [9.17, 15) is 4.39 Å². The van der Waals surface area contributed by atoms with E-state index in [1.165, 1.54) is 0 Å². The third-order valence-electron chi connectivity index (χ3n) is 5.34. The van der Waals surface area contributed by atoms with Crippen molar-refractivity contribution in [3.05, 3.63) is 36.8 Å². The van der Waals surface area contributed by atoms with Gasteiger partial charge < -0.3 is 15.5 Å². The number of rotatable bonds is 4. The van der Waals surface area contributed by atoms with Gasteiger partial charge in [-0.3, -0.25) is 0 Å². The number of nitrogens with one attached hydrogen (secondary N) is 2. The highest BCUT2D eigenvalue weighted by Gasteiger charge is 2.28. The first-order valence-electron chi connectivity index (χ1n) is 9.59. The molecule has 4 aromatic heterocycles. The molecule has 5 rings (SSSR count). The molecule has 9 nitrogen and oxygen atoms in total. The second-order valence-corrected chi connectivity index (χ2v) is 7.32. The van der Waals surface area contributed by atoms with Crippen molar-refractivity contribution in [2.24, 2.45) is 0 Å². The first kappa shape index (κ1) is 17.8. The molecular formula is C19H22FN9. The van der Waals surface area contributed by atoms with E-state index in [1.54, 1.807) is 15.2 Å². The van der Waals surface area contributed by atoms with Crippen LogP contribution in [0, 0.1) is 0 Å². The minimum Gasteiger partial charge on any atom is -0.371 e. The molecule has 4 aromatic rings. The first-order valence-corrected chi connectivity index (χ1v) is 9.59. The second-order valence-electron chi connectivity index (χ2n) is 7.32. The van der Waals surface area contributed by atoms with E-state index in [0.717, 1.165) is 29.0 Å². The Morgan fingerprint density at radius 1 is 1.14 bits per heavy atom. The van der Waals surface area contributed by atoms with E-state index in [0.29, 0.717) is 24.7 Å². The Balaban J connectivity index is 1.52. The maximum absolute atomic E-state index is 14.4. The molecule has 1 aliphatic rings. The van der Waals surface area contributed by atoms with Gasteiger partial charge in [-0.15, -0.1) is 5.10 Å². The summed E-state index contributed by atoms with van der Waals surface area (Å²) >= 11 is 0. The monoisotopic (exact) mass is 395 g/mol. The number of alkyl halides is 1. The van der Waals surface area contributed by atoms with Crippen molar-refractivity contribution in [3.63, 3.8) is 0 Å². The van der Waals surface area contributed by atoms with Gasteiger partial charge >= 0.3 is 0 Å². The van der Waals surface area contributed by atoms with Crippen molar-refractivity contribution in [1.82, 2.24) is 34.1 Å². The number of fused-ring (bicyclic) bond motifs is 2. The first-order chi connectivity index (χ1) is 14.1. The SMILES string of the molecule is CNc1nc(N[C@@H]2CCN(C)C[C@@H]2F)nn2ccc(-c3ccn4nccc4n3)c12. The second kappa shape index (κ2) is 6.96. The van der Waals surface area contributed by atoms with E-state index in [-0.39, 0.29) is 6.04 Å². The average Bonchev–Trinajstić information content (AvgIpc) is 3.35. The van der Waals surface area contributed by atoms with Gasteiger partial charge in [0, 0.05) is 44.2 Å². The van der Waals surface area contributed by atoms with Gasteiger partial charge in [-0.25, -0.2) is 18.4 Å². The number of nitrogens with zero attached hydrogens (tertiary/aromatic N) is 7. The van der Waals surface area contributed by atoms with Crippen molar-refractivity contribution in [2.75, 3.05) is 37.8 Å². The quantitative estimate of drug-likeness (QED) is 0.546. The summed E-state index contributed by atoms with van der Waals surface area (Å²) in [4.78, 5) is 11.3. The van der Waals surface area contributed by atoms with Gasteiger partial charge in [0.15, 0.2) is 11.5 Å². The Kier molecular flexibility index (Phi) is 4.27. The molecule has 5 heterocycles. The predicted octanol–water partition coefficient (Wildman–Crippen LogP) is 1.93. The fraction of sp³-hybridized carbons (Fsp3) is 0.368. The van der Waals surface area contributed by atoms with Gasteiger partial charge in [-0.05, 0) is 25.6 Å². The van der Waals surface area contributed by atoms with Gasteiger partial charge in [0.25, 0.3) is 0 Å². The summed E-state index contributed by atoms with van der Waals surface area (Å²) in [5.41, 5.74) is 3.30. The highest BCUT2D eigenvalue weighted by molar-refractivity contribution is 5.87. The molecule has 10 heteroatoms. The van der Waals surface area contributed by atoms with Crippen LogP contribution in [0.2, 0.25) is 0 Å². The highest BCUT2D eigenvalue weighted by Crippen LogP contribution is 2.29. The maximum atomic E-state index is 14.4. The van der Waals surface area contributed by atoms with E-state index < -0.39 is 6.17 Å². The molecule has 0 bridgehead atoms. The van der Waals surface area contributed by atoms with Crippen molar-refractivity contribution < 1.29 is 4.39 Å². The van der Waals surface area contributed by atoms with Crippen molar-refractivity contribution >= 4 is 22.9 Å². The standard InChI is InChI=1S/C19H22FN9/c1-21-18-17-12(14-6-10-28-16(23-14)3-7-22-28)4-9-29(17)26-19(25-18)24-15-5-8-27(2)11-13(15)20/h3-4,6-7,9-10,13,15H,5,8,11H2,1-2H3,(H2,21,24,25,26)/t13-,15+/m0/s1. The number of halogens is 1. The Morgan fingerprint density at radius 2 is 2.00 bits per heavy atom. The van der Waals surface area contributed by atoms with Crippen molar-refractivity contribution in [2.45, 2.75) is 18.6 Å². The molecule has 0 radical (unpaired) electrons. The largest absolute Gasteiger partial charge is 0.371 e. The van der Waals surface area contributed by atoms with Crippen LogP contribution in [0.3, 0.4) is 0 Å². The Hall–Kier alpha value is -3.27. The fourth-order valence-electron chi connectivity index (χ4n) is 3.81. The smallest absolute Gasteiger partial charge is 0.243 e. The molecule has 150 valence electrons. The zero-order chi connectivity index (χ0) is 20.0. The molecule has 0 aromatic carbocycles. The summed E-state index contributed by atoms with van der Waals surface area (Å²) in [6.07, 6.45) is 5.20. The zero-order valence-electron chi connectivity index (χ0n) is 16.2. The third-order valence-corrected chi connectivity index (χ3v) is 5.34. The lowest BCUT2D eigenvalue weighted by Crippen LogP contribution is -2.46. The molecule has 1 aliphatic heterocycles. The molecule has 1 fully saturated rings. The van der Waals surface area contributed by atoms with Crippen LogP contribution >= 0.6 is 0 Å². The van der Waals surface area contributed by atoms with E-state index in [2.05, 4.69) is 30.8 Å². The summed E-state index contributed by atoms with van der Waals surface area (Å²) in [7, 11) is 3.74. The molecular weight excluding hydrogens is 373 g/mol. The third kappa shape index (κ3) is 3.15. The van der Waals surface area contributed by atoms with Crippen LogP contribution in [0.1, 0.15) is 6.42 Å². The molecule has 0 unspecified atom stereocenters. The van der Waals surface area contributed by atoms with Gasteiger partial charge in [0.1, 0.15) is 11.7 Å². The molecule has 0 aliphatic carbocycles. The van der Waals surface area contributed by atoms with Crippen LogP contribution in [0.4, 0.5) is 16.2 Å². The van der Waals surface area contributed by atoms with E-state index in [4.69, 9.17) is 0 Å². The summed E-state index contributed by atoms with van der Waals surface area (Å²) in [5, 5.41) is 15.1. The minimum atomic E-state index is -0.960. The summed E-state index contributed by atoms with van der Waals surface area (Å²) in [5.74, 6) is 1.06. The average molecular weight is 395 g/mol.